The molecule has 1 aliphatic carbocycles. The fraction of sp³-hybridized carbons (Fsp3) is 0.516. The lowest BCUT2D eigenvalue weighted by molar-refractivity contribution is -0.139. The van der Waals surface area contributed by atoms with Crippen LogP contribution in [0.4, 0.5) is 13.2 Å². The van der Waals surface area contributed by atoms with E-state index >= 15 is 0 Å². The van der Waals surface area contributed by atoms with Crippen molar-refractivity contribution in [2.24, 2.45) is 0 Å². The summed E-state index contributed by atoms with van der Waals surface area (Å²) in [5.74, 6) is -0.449. The monoisotopic (exact) mass is 513 g/mol. The Bertz CT molecular complexity index is 1260. The molecule has 1 unspecified atom stereocenters. The van der Waals surface area contributed by atoms with E-state index in [2.05, 4.69) is 50.5 Å². The molecule has 37 heavy (non-hydrogen) atoms. The van der Waals surface area contributed by atoms with Crippen LogP contribution in [-0.4, -0.2) is 15.6 Å². The maximum absolute atomic E-state index is 13.3. The summed E-state index contributed by atoms with van der Waals surface area (Å²) in [6.07, 6.45) is 1.54. The highest BCUT2D eigenvalue weighted by molar-refractivity contribution is 5.88. The number of hydrogen-bond donors (Lipinski definition) is 1. The molecule has 0 amide bonds. The van der Waals surface area contributed by atoms with Crippen LogP contribution in [0, 0.1) is 0 Å². The van der Waals surface area contributed by atoms with Crippen molar-refractivity contribution < 1.29 is 23.1 Å². The minimum atomic E-state index is -4.39. The molecule has 0 saturated heterocycles. The van der Waals surface area contributed by atoms with Gasteiger partial charge in [0.05, 0.1) is 18.0 Å². The molecular formula is C31H38F3NO2. The van der Waals surface area contributed by atoms with E-state index in [1.54, 1.807) is 12.1 Å². The van der Waals surface area contributed by atoms with Gasteiger partial charge in [-0.25, -0.2) is 0 Å². The summed E-state index contributed by atoms with van der Waals surface area (Å²) in [6.45, 7) is 8.51. The Labute approximate surface area is 217 Å². The van der Waals surface area contributed by atoms with Crippen LogP contribution in [0.2, 0.25) is 0 Å². The van der Waals surface area contributed by atoms with E-state index in [1.807, 2.05) is 0 Å². The molecule has 2 aromatic carbocycles. The van der Waals surface area contributed by atoms with Crippen LogP contribution in [-0.2, 0) is 22.8 Å². The maximum Gasteiger partial charge on any atom is 0.416 e. The number of alkyl halides is 3. The summed E-state index contributed by atoms with van der Waals surface area (Å²) >= 11 is 0. The van der Waals surface area contributed by atoms with Crippen molar-refractivity contribution in [3.8, 4) is 0 Å². The number of benzene rings is 2. The second-order valence-electron chi connectivity index (χ2n) is 11.0. The van der Waals surface area contributed by atoms with E-state index in [-0.39, 0.29) is 12.5 Å². The van der Waals surface area contributed by atoms with Crippen molar-refractivity contribution in [1.82, 2.24) is 4.57 Å². The van der Waals surface area contributed by atoms with Gasteiger partial charge in [-0.2, -0.15) is 13.2 Å². The molecule has 1 heterocycles. The predicted octanol–water partition coefficient (Wildman–Crippen LogP) is 9.02. The molecule has 0 saturated carbocycles. The van der Waals surface area contributed by atoms with Crippen LogP contribution < -0.4 is 0 Å². The molecule has 1 aromatic heterocycles. The summed E-state index contributed by atoms with van der Waals surface area (Å²) in [7, 11) is 0. The number of hydrogen-bond acceptors (Lipinski definition) is 1. The smallest absolute Gasteiger partial charge is 0.416 e. The van der Waals surface area contributed by atoms with Gasteiger partial charge >= 0.3 is 12.1 Å². The predicted molar refractivity (Wildman–Crippen MR) is 142 cm³/mol. The number of carboxylic acids is 1. The zero-order valence-corrected chi connectivity index (χ0v) is 22.3. The van der Waals surface area contributed by atoms with E-state index in [9.17, 15) is 23.1 Å². The highest BCUT2D eigenvalue weighted by atomic mass is 19.4. The SMILES string of the molecule is CCC[C@@H](c1ccc(C(F)(F)F)cc1)n1c2c(c3cc(C(C)C)ccc31)CCCC2(CCC)CC(=O)O. The average Bonchev–Trinajstić information content (AvgIpc) is 3.17. The molecule has 1 N–H and O–H groups in total. The molecule has 0 bridgehead atoms. The zero-order chi connectivity index (χ0) is 27.0. The third-order valence-corrected chi connectivity index (χ3v) is 8.10. The minimum absolute atomic E-state index is 0.0626. The Morgan fingerprint density at radius 1 is 1.05 bits per heavy atom. The van der Waals surface area contributed by atoms with Crippen LogP contribution >= 0.6 is 0 Å². The summed E-state index contributed by atoms with van der Waals surface area (Å²) in [4.78, 5) is 12.2. The van der Waals surface area contributed by atoms with Crippen LogP contribution in [0.25, 0.3) is 10.9 Å². The Kier molecular flexibility index (Phi) is 7.77. The first-order chi connectivity index (χ1) is 17.5. The third kappa shape index (κ3) is 5.17. The molecule has 200 valence electrons. The number of carbonyl (C=O) groups is 1. The Balaban J connectivity index is 2.03. The third-order valence-electron chi connectivity index (χ3n) is 8.10. The van der Waals surface area contributed by atoms with Crippen molar-refractivity contribution in [1.29, 1.82) is 0 Å². The molecule has 0 aliphatic heterocycles. The van der Waals surface area contributed by atoms with Gasteiger partial charge in [-0.1, -0.05) is 58.7 Å². The summed E-state index contributed by atoms with van der Waals surface area (Å²) in [5, 5.41) is 11.2. The largest absolute Gasteiger partial charge is 0.481 e. The van der Waals surface area contributed by atoms with Crippen LogP contribution in [0.1, 0.15) is 113 Å². The molecule has 0 spiro atoms. The van der Waals surface area contributed by atoms with Crippen LogP contribution in [0.5, 0.6) is 0 Å². The number of aromatic nitrogens is 1. The van der Waals surface area contributed by atoms with Crippen LogP contribution in [0.3, 0.4) is 0 Å². The standard InChI is InChI=1S/C31H38F3NO2/c1-5-8-26(21-10-13-23(14-11-21)31(32,33)34)35-27-15-12-22(20(3)4)18-25(27)24-9-7-17-30(16-6-2,29(24)35)19-28(36)37/h10-15,18,20,26H,5-9,16-17,19H2,1-4H3,(H,36,37)/t26-,30?/m0/s1. The Morgan fingerprint density at radius 2 is 1.73 bits per heavy atom. The number of aryl methyl sites for hydroxylation is 1. The van der Waals surface area contributed by atoms with Gasteiger partial charge in [0, 0.05) is 22.0 Å². The first kappa shape index (κ1) is 27.3. The summed E-state index contributed by atoms with van der Waals surface area (Å²) in [6, 6.07) is 11.9. The van der Waals surface area contributed by atoms with Crippen molar-refractivity contribution in [2.45, 2.75) is 103 Å². The van der Waals surface area contributed by atoms with E-state index in [4.69, 9.17) is 0 Å². The normalized spacial score (nSPS) is 18.8. The highest BCUT2D eigenvalue weighted by Crippen LogP contribution is 2.50. The maximum atomic E-state index is 13.3. The number of aliphatic carboxylic acids is 1. The summed E-state index contributed by atoms with van der Waals surface area (Å²) in [5.41, 5.74) is 4.29. The molecule has 3 aromatic rings. The molecule has 3 nitrogen and oxygen atoms in total. The lowest BCUT2D eigenvalue weighted by Gasteiger charge is -2.40. The van der Waals surface area contributed by atoms with Gasteiger partial charge in [0.15, 0.2) is 0 Å². The summed E-state index contributed by atoms with van der Waals surface area (Å²) < 4.78 is 42.3. The van der Waals surface area contributed by atoms with Gasteiger partial charge in [-0.3, -0.25) is 4.79 Å². The Morgan fingerprint density at radius 3 is 2.30 bits per heavy atom. The number of halogens is 3. The second kappa shape index (κ2) is 10.5. The Hall–Kier alpha value is -2.76. The van der Waals surface area contributed by atoms with Gasteiger partial charge in [-0.05, 0) is 79.0 Å². The molecule has 1 aliphatic rings. The van der Waals surface area contributed by atoms with E-state index in [0.717, 1.165) is 61.7 Å². The lowest BCUT2D eigenvalue weighted by atomic mass is 9.68. The van der Waals surface area contributed by atoms with Crippen molar-refractivity contribution >= 4 is 16.9 Å². The van der Waals surface area contributed by atoms with Gasteiger partial charge < -0.3 is 9.67 Å². The van der Waals surface area contributed by atoms with Crippen molar-refractivity contribution in [2.75, 3.05) is 0 Å². The number of carboxylic acid groups (broad SMARTS) is 1. The first-order valence-electron chi connectivity index (χ1n) is 13.6. The van der Waals surface area contributed by atoms with Gasteiger partial charge in [0.2, 0.25) is 0 Å². The first-order valence-corrected chi connectivity index (χ1v) is 13.6. The van der Waals surface area contributed by atoms with Gasteiger partial charge in [0.25, 0.3) is 0 Å². The lowest BCUT2D eigenvalue weighted by Crippen LogP contribution is -2.36. The average molecular weight is 514 g/mol. The van der Waals surface area contributed by atoms with Crippen LogP contribution in [0.15, 0.2) is 42.5 Å². The quantitative estimate of drug-likeness (QED) is 0.310. The molecular weight excluding hydrogens is 475 g/mol. The fourth-order valence-electron chi connectivity index (χ4n) is 6.52. The van der Waals surface area contributed by atoms with E-state index < -0.39 is 23.1 Å². The number of rotatable bonds is 9. The topological polar surface area (TPSA) is 42.2 Å². The fourth-order valence-corrected chi connectivity index (χ4v) is 6.52. The van der Waals surface area contributed by atoms with Crippen molar-refractivity contribution in [3.05, 3.63) is 70.4 Å². The highest BCUT2D eigenvalue weighted by Gasteiger charge is 2.43. The van der Waals surface area contributed by atoms with Gasteiger partial charge in [0.1, 0.15) is 0 Å². The molecule has 2 atom stereocenters. The molecule has 4 rings (SSSR count). The van der Waals surface area contributed by atoms with E-state index in [1.165, 1.54) is 28.6 Å². The molecule has 0 radical (unpaired) electrons. The minimum Gasteiger partial charge on any atom is -0.481 e. The number of fused-ring (bicyclic) bond motifs is 3. The second-order valence-corrected chi connectivity index (χ2v) is 11.0. The van der Waals surface area contributed by atoms with Gasteiger partial charge in [-0.15, -0.1) is 0 Å². The molecule has 0 fully saturated rings. The zero-order valence-electron chi connectivity index (χ0n) is 22.3. The molecule has 6 heteroatoms. The van der Waals surface area contributed by atoms with E-state index in [0.29, 0.717) is 5.92 Å². The van der Waals surface area contributed by atoms with Crippen molar-refractivity contribution in [3.63, 3.8) is 0 Å². The number of nitrogens with zero attached hydrogens (tertiary/aromatic N) is 1.